The summed E-state index contributed by atoms with van der Waals surface area (Å²) in [6, 6.07) is 8.46. The predicted molar refractivity (Wildman–Crippen MR) is 126 cm³/mol. The van der Waals surface area contributed by atoms with E-state index in [1.807, 2.05) is 0 Å². The maximum absolute atomic E-state index is 13.6. The Morgan fingerprint density at radius 3 is 1.63 bits per heavy atom. The van der Waals surface area contributed by atoms with Crippen LogP contribution in [-0.4, -0.2) is 55.8 Å². The van der Waals surface area contributed by atoms with E-state index in [0.29, 0.717) is 5.01 Å². The van der Waals surface area contributed by atoms with Gasteiger partial charge in [0.25, 0.3) is 20.0 Å². The van der Waals surface area contributed by atoms with Gasteiger partial charge in [-0.25, -0.2) is 32.1 Å². The first-order valence-corrected chi connectivity index (χ1v) is 12.9. The van der Waals surface area contributed by atoms with E-state index in [1.165, 1.54) is 45.0 Å². The molecule has 3 N–H and O–H groups in total. The van der Waals surface area contributed by atoms with Gasteiger partial charge >= 0.3 is 6.03 Å². The van der Waals surface area contributed by atoms with E-state index in [9.17, 15) is 31.2 Å². The minimum atomic E-state index is -4.86. The van der Waals surface area contributed by atoms with Crippen LogP contribution in [0.1, 0.15) is 20.8 Å². The maximum atomic E-state index is 13.6. The molecule has 1 heterocycles. The molecule has 186 valence electrons. The molecule has 2 aromatic carbocycles. The smallest absolute Gasteiger partial charge is 0.326 e. The molecule has 35 heavy (non-hydrogen) atoms. The molecule has 1 aliphatic heterocycles. The summed E-state index contributed by atoms with van der Waals surface area (Å²) in [4.78, 5) is 34.1. The molecule has 3 rings (SSSR count). The van der Waals surface area contributed by atoms with Crippen molar-refractivity contribution in [3.8, 4) is 0 Å². The highest BCUT2D eigenvalue weighted by atomic mass is 32.3. The van der Waals surface area contributed by atoms with Crippen LogP contribution in [0.25, 0.3) is 0 Å². The number of sulfonamides is 2. The number of urea groups is 1. The van der Waals surface area contributed by atoms with Crippen LogP contribution in [0.3, 0.4) is 0 Å². The van der Waals surface area contributed by atoms with Crippen molar-refractivity contribution in [2.24, 2.45) is 5.10 Å². The minimum Gasteiger partial charge on any atom is -0.326 e. The lowest BCUT2D eigenvalue weighted by molar-refractivity contribution is -0.115. The van der Waals surface area contributed by atoms with E-state index in [-0.39, 0.29) is 32.7 Å². The molecule has 1 aliphatic rings. The van der Waals surface area contributed by atoms with Crippen LogP contribution < -0.4 is 16.1 Å². The van der Waals surface area contributed by atoms with Crippen molar-refractivity contribution in [1.29, 1.82) is 0 Å². The maximum Gasteiger partial charge on any atom is 0.354 e. The zero-order chi connectivity index (χ0) is 26.0. The van der Waals surface area contributed by atoms with Gasteiger partial charge < -0.3 is 10.6 Å². The third kappa shape index (κ3) is 5.64. The van der Waals surface area contributed by atoms with Crippen molar-refractivity contribution in [2.45, 2.75) is 30.6 Å². The van der Waals surface area contributed by atoms with E-state index in [2.05, 4.69) is 21.2 Å². The van der Waals surface area contributed by atoms with Crippen LogP contribution in [-0.2, 0) is 29.6 Å². The molecule has 0 fully saturated rings. The Balaban J connectivity index is 2.12. The highest BCUT2D eigenvalue weighted by Crippen LogP contribution is 2.28. The summed E-state index contributed by atoms with van der Waals surface area (Å²) in [5.41, 5.74) is 2.91. The van der Waals surface area contributed by atoms with E-state index < -0.39 is 42.4 Å². The number of nitrogens with zero attached hydrogens (tertiary/aromatic N) is 3. The largest absolute Gasteiger partial charge is 0.354 e. The summed E-state index contributed by atoms with van der Waals surface area (Å²) in [5, 5.41) is 9.18. The van der Waals surface area contributed by atoms with Crippen LogP contribution in [0.5, 0.6) is 0 Å². The molecule has 4 amide bonds. The minimum absolute atomic E-state index is 0.00826. The van der Waals surface area contributed by atoms with Crippen LogP contribution in [0.2, 0.25) is 0 Å². The van der Waals surface area contributed by atoms with Crippen molar-refractivity contribution in [3.05, 3.63) is 48.5 Å². The van der Waals surface area contributed by atoms with Crippen molar-refractivity contribution in [2.75, 3.05) is 17.2 Å². The van der Waals surface area contributed by atoms with E-state index in [4.69, 9.17) is 0 Å². The molecular formula is C20H22N6O7S2. The van der Waals surface area contributed by atoms with E-state index in [1.54, 1.807) is 0 Å². The summed E-state index contributed by atoms with van der Waals surface area (Å²) < 4.78 is 54.4. The molecule has 0 unspecified atom stereocenters. The van der Waals surface area contributed by atoms with E-state index in [0.717, 1.165) is 24.3 Å². The number of anilines is 2. The molecule has 0 bridgehead atoms. The number of rotatable bonds is 7. The quantitative estimate of drug-likeness (QED) is 0.491. The van der Waals surface area contributed by atoms with Crippen LogP contribution in [0, 0.1) is 0 Å². The standard InChI is InChI=1S/C20H22N6O7S2/c1-13-12-25(20(29)24-23-13)26(34(30,31)18-8-4-16(5-9-18)21-14(2)27)35(32,33)19-10-6-17(7-11-19)22-15(3)28/h4-11H,12H2,1-3H3,(H,21,27)(H,22,28)(H,24,29). The Kier molecular flexibility index (Phi) is 7.23. The Morgan fingerprint density at radius 2 is 1.26 bits per heavy atom. The normalized spacial score (nSPS) is 14.2. The predicted octanol–water partition coefficient (Wildman–Crippen LogP) is 1.30. The van der Waals surface area contributed by atoms with Crippen molar-refractivity contribution in [1.82, 2.24) is 14.3 Å². The molecule has 2 aromatic rings. The number of hydrogen-bond acceptors (Lipinski definition) is 8. The SMILES string of the molecule is CC(=O)Nc1ccc(S(=O)(=O)N(N2CC(C)=NNC2=O)S(=O)(=O)c2ccc(NC(C)=O)cc2)cc1. The van der Waals surface area contributed by atoms with Crippen molar-refractivity contribution < 1.29 is 31.2 Å². The highest BCUT2D eigenvalue weighted by Gasteiger charge is 2.45. The number of hydrazone groups is 1. The second-order valence-corrected chi connectivity index (χ2v) is 11.2. The lowest BCUT2D eigenvalue weighted by atomic mass is 10.3. The van der Waals surface area contributed by atoms with Gasteiger partial charge in [0, 0.05) is 29.0 Å². The average molecular weight is 523 g/mol. The van der Waals surface area contributed by atoms with Gasteiger partial charge in [-0.15, -0.1) is 0 Å². The monoisotopic (exact) mass is 522 g/mol. The average Bonchev–Trinajstić information content (AvgIpc) is 2.76. The summed E-state index contributed by atoms with van der Waals surface area (Å²) in [7, 11) is -9.73. The Bertz CT molecular complexity index is 1310. The van der Waals surface area contributed by atoms with E-state index >= 15 is 0 Å². The van der Waals surface area contributed by atoms with Gasteiger partial charge in [-0.05, 0) is 55.5 Å². The Labute approximate surface area is 201 Å². The number of amides is 4. The third-order valence-electron chi connectivity index (χ3n) is 4.51. The number of hydrogen-bond donors (Lipinski definition) is 3. The lowest BCUT2D eigenvalue weighted by Gasteiger charge is -2.34. The fourth-order valence-electron chi connectivity index (χ4n) is 3.05. The number of carbonyl (C=O) groups is 3. The van der Waals surface area contributed by atoms with Crippen LogP contribution in [0.4, 0.5) is 16.2 Å². The Morgan fingerprint density at radius 1 is 0.857 bits per heavy atom. The zero-order valence-corrected chi connectivity index (χ0v) is 20.5. The second kappa shape index (κ2) is 9.81. The second-order valence-electron chi connectivity index (χ2n) is 7.42. The first kappa shape index (κ1) is 25.8. The van der Waals surface area contributed by atoms with Gasteiger partial charge in [0.05, 0.1) is 22.0 Å². The molecule has 0 radical (unpaired) electrons. The number of nitrogens with one attached hydrogen (secondary N) is 3. The fourth-order valence-corrected chi connectivity index (χ4v) is 6.71. The van der Waals surface area contributed by atoms with Crippen molar-refractivity contribution >= 4 is 55.0 Å². The molecule has 0 aromatic heterocycles. The zero-order valence-electron chi connectivity index (χ0n) is 18.8. The lowest BCUT2D eigenvalue weighted by Crippen LogP contribution is -2.58. The fraction of sp³-hybridized carbons (Fsp3) is 0.200. The number of carbonyl (C=O) groups excluding carboxylic acids is 3. The molecule has 0 spiro atoms. The van der Waals surface area contributed by atoms with Gasteiger partial charge in [-0.2, -0.15) is 5.10 Å². The van der Waals surface area contributed by atoms with Gasteiger partial charge in [-0.1, -0.05) is 0 Å². The highest BCUT2D eigenvalue weighted by molar-refractivity contribution is 8.04. The molecule has 13 nitrogen and oxygen atoms in total. The van der Waals surface area contributed by atoms with Gasteiger partial charge in [-0.3, -0.25) is 9.59 Å². The summed E-state index contributed by atoms with van der Waals surface area (Å²) in [5.74, 6) is -0.764. The Hall–Kier alpha value is -3.82. The van der Waals surface area contributed by atoms with Gasteiger partial charge in [0.1, 0.15) is 0 Å². The topological polar surface area (TPSA) is 174 Å². The molecule has 0 saturated carbocycles. The summed E-state index contributed by atoms with van der Waals surface area (Å²) >= 11 is 0. The molecule has 0 saturated heterocycles. The summed E-state index contributed by atoms with van der Waals surface area (Å²) in [6.07, 6.45) is 0. The molecule has 0 atom stereocenters. The molecule has 0 aliphatic carbocycles. The first-order valence-electron chi connectivity index (χ1n) is 9.99. The molecular weight excluding hydrogens is 500 g/mol. The molecule has 15 heteroatoms. The summed E-state index contributed by atoms with van der Waals surface area (Å²) in [6.45, 7) is 3.61. The third-order valence-corrected chi connectivity index (χ3v) is 8.64. The first-order chi connectivity index (χ1) is 16.3. The van der Waals surface area contributed by atoms with Crippen LogP contribution >= 0.6 is 0 Å². The van der Waals surface area contributed by atoms with Gasteiger partial charge in [0.15, 0.2) is 0 Å². The van der Waals surface area contributed by atoms with Crippen LogP contribution in [0.15, 0.2) is 63.4 Å². The number of hydrazine groups is 1. The van der Waals surface area contributed by atoms with Crippen molar-refractivity contribution in [3.63, 3.8) is 0 Å². The number of benzene rings is 2. The van der Waals surface area contributed by atoms with Gasteiger partial charge in [0.2, 0.25) is 11.8 Å².